The van der Waals surface area contributed by atoms with Crippen LogP contribution in [0.3, 0.4) is 0 Å². The lowest BCUT2D eigenvalue weighted by atomic mass is 10.0. The molecular weight excluding hydrogens is 150 g/mol. The van der Waals surface area contributed by atoms with Gasteiger partial charge in [0, 0.05) is 11.6 Å². The van der Waals surface area contributed by atoms with E-state index in [0.29, 0.717) is 5.75 Å². The summed E-state index contributed by atoms with van der Waals surface area (Å²) in [6.45, 7) is 3.88. The molecule has 3 N–H and O–H groups in total. The molecule has 0 amide bonds. The highest BCUT2D eigenvalue weighted by Crippen LogP contribution is 2.26. The second-order valence-electron chi connectivity index (χ2n) is 3.00. The second-order valence-corrected chi connectivity index (χ2v) is 3.00. The van der Waals surface area contributed by atoms with E-state index in [4.69, 9.17) is 5.73 Å². The van der Waals surface area contributed by atoms with E-state index in [2.05, 4.69) is 0 Å². The van der Waals surface area contributed by atoms with Crippen LogP contribution < -0.4 is 5.73 Å². The number of benzene rings is 1. The first-order valence-corrected chi connectivity index (χ1v) is 4.23. The van der Waals surface area contributed by atoms with E-state index in [9.17, 15) is 5.11 Å². The van der Waals surface area contributed by atoms with E-state index in [1.807, 2.05) is 32.0 Å². The molecule has 1 aromatic carbocycles. The van der Waals surface area contributed by atoms with E-state index < -0.39 is 0 Å². The average molecular weight is 165 g/mol. The van der Waals surface area contributed by atoms with Gasteiger partial charge in [-0.15, -0.1) is 0 Å². The molecule has 0 heterocycles. The van der Waals surface area contributed by atoms with Crippen LogP contribution in [0.2, 0.25) is 0 Å². The highest BCUT2D eigenvalue weighted by atomic mass is 16.3. The monoisotopic (exact) mass is 165 g/mol. The van der Waals surface area contributed by atoms with Crippen LogP contribution in [0.15, 0.2) is 18.2 Å². The lowest BCUT2D eigenvalue weighted by molar-refractivity contribution is 0.457. The highest BCUT2D eigenvalue weighted by molar-refractivity contribution is 5.41. The van der Waals surface area contributed by atoms with Crippen LogP contribution >= 0.6 is 0 Å². The summed E-state index contributed by atoms with van der Waals surface area (Å²) in [7, 11) is 0. The zero-order valence-corrected chi connectivity index (χ0v) is 7.54. The molecule has 2 heteroatoms. The summed E-state index contributed by atoms with van der Waals surface area (Å²) in [6, 6.07) is 5.61. The van der Waals surface area contributed by atoms with Crippen LogP contribution in [-0.2, 0) is 6.42 Å². The minimum absolute atomic E-state index is 0.100. The van der Waals surface area contributed by atoms with Crippen molar-refractivity contribution < 1.29 is 5.11 Å². The third-order valence-corrected chi connectivity index (χ3v) is 2.02. The largest absolute Gasteiger partial charge is 0.507 e. The van der Waals surface area contributed by atoms with Crippen molar-refractivity contribution in [1.82, 2.24) is 0 Å². The molecule has 1 unspecified atom stereocenters. The van der Waals surface area contributed by atoms with Crippen LogP contribution in [0, 0.1) is 0 Å². The molecule has 1 aromatic rings. The molecule has 0 fully saturated rings. The molecular formula is C10H15NO. The molecule has 66 valence electrons. The number of phenolic OH excluding ortho intramolecular Hbond substituents is 1. The van der Waals surface area contributed by atoms with Gasteiger partial charge in [0.25, 0.3) is 0 Å². The summed E-state index contributed by atoms with van der Waals surface area (Å²) in [4.78, 5) is 0. The van der Waals surface area contributed by atoms with Crippen molar-refractivity contribution in [2.75, 3.05) is 0 Å². The molecule has 1 atom stereocenters. The van der Waals surface area contributed by atoms with Crippen molar-refractivity contribution in [2.24, 2.45) is 5.73 Å². The van der Waals surface area contributed by atoms with Crippen molar-refractivity contribution in [3.63, 3.8) is 0 Å². The van der Waals surface area contributed by atoms with Gasteiger partial charge in [0.05, 0.1) is 0 Å². The van der Waals surface area contributed by atoms with Gasteiger partial charge in [-0.1, -0.05) is 25.1 Å². The maximum absolute atomic E-state index is 9.68. The number of hydrogen-bond donors (Lipinski definition) is 2. The minimum atomic E-state index is -0.100. The van der Waals surface area contributed by atoms with Crippen molar-refractivity contribution in [3.05, 3.63) is 29.3 Å². The Morgan fingerprint density at radius 2 is 2.17 bits per heavy atom. The van der Waals surface area contributed by atoms with Crippen molar-refractivity contribution in [3.8, 4) is 5.75 Å². The maximum atomic E-state index is 9.68. The Hall–Kier alpha value is -1.02. The predicted octanol–water partition coefficient (Wildman–Crippen LogP) is 1.97. The zero-order valence-electron chi connectivity index (χ0n) is 7.54. The van der Waals surface area contributed by atoms with E-state index in [1.54, 1.807) is 0 Å². The fourth-order valence-corrected chi connectivity index (χ4v) is 1.26. The van der Waals surface area contributed by atoms with Crippen LogP contribution in [-0.4, -0.2) is 5.11 Å². The fraction of sp³-hybridized carbons (Fsp3) is 0.400. The molecule has 0 aromatic heterocycles. The zero-order chi connectivity index (χ0) is 9.14. The Labute approximate surface area is 73.0 Å². The van der Waals surface area contributed by atoms with Gasteiger partial charge in [0.1, 0.15) is 5.75 Å². The summed E-state index contributed by atoms with van der Waals surface area (Å²) >= 11 is 0. The first-order valence-electron chi connectivity index (χ1n) is 4.23. The topological polar surface area (TPSA) is 46.2 Å². The Morgan fingerprint density at radius 3 is 2.67 bits per heavy atom. The standard InChI is InChI=1S/C10H15NO/c1-3-8-5-4-6-9(7(2)11)10(8)12/h4-7,12H,3,11H2,1-2H3. The first kappa shape index (κ1) is 9.07. The predicted molar refractivity (Wildman–Crippen MR) is 50.1 cm³/mol. The molecule has 2 nitrogen and oxygen atoms in total. The van der Waals surface area contributed by atoms with Gasteiger partial charge < -0.3 is 10.8 Å². The molecule has 0 saturated heterocycles. The number of nitrogens with two attached hydrogens (primary N) is 1. The molecule has 1 rings (SSSR count). The summed E-state index contributed by atoms with van der Waals surface area (Å²) in [5.41, 5.74) is 7.47. The molecule has 0 bridgehead atoms. The molecule has 0 aliphatic rings. The minimum Gasteiger partial charge on any atom is -0.507 e. The molecule has 0 aliphatic carbocycles. The van der Waals surface area contributed by atoms with E-state index >= 15 is 0 Å². The van der Waals surface area contributed by atoms with Gasteiger partial charge in [-0.2, -0.15) is 0 Å². The highest BCUT2D eigenvalue weighted by Gasteiger charge is 2.07. The number of phenols is 1. The van der Waals surface area contributed by atoms with Gasteiger partial charge in [-0.05, 0) is 18.9 Å². The average Bonchev–Trinajstić information content (AvgIpc) is 2.04. The third-order valence-electron chi connectivity index (χ3n) is 2.02. The Balaban J connectivity index is 3.14. The van der Waals surface area contributed by atoms with Gasteiger partial charge in [-0.25, -0.2) is 0 Å². The number of aromatic hydroxyl groups is 1. The number of hydrogen-bond acceptors (Lipinski definition) is 2. The second kappa shape index (κ2) is 3.59. The van der Waals surface area contributed by atoms with Gasteiger partial charge in [0.15, 0.2) is 0 Å². The van der Waals surface area contributed by atoms with Gasteiger partial charge >= 0.3 is 0 Å². The van der Waals surface area contributed by atoms with E-state index in [1.165, 1.54) is 0 Å². The lowest BCUT2D eigenvalue weighted by Gasteiger charge is -2.10. The number of rotatable bonds is 2. The maximum Gasteiger partial charge on any atom is 0.123 e. The van der Waals surface area contributed by atoms with Crippen molar-refractivity contribution >= 4 is 0 Å². The Bertz CT molecular complexity index is 269. The summed E-state index contributed by atoms with van der Waals surface area (Å²) in [5, 5.41) is 9.68. The summed E-state index contributed by atoms with van der Waals surface area (Å²) < 4.78 is 0. The molecule has 0 radical (unpaired) electrons. The normalized spacial score (nSPS) is 12.9. The molecule has 0 spiro atoms. The third kappa shape index (κ3) is 1.59. The fourth-order valence-electron chi connectivity index (χ4n) is 1.26. The summed E-state index contributed by atoms with van der Waals surface area (Å²) in [5.74, 6) is 0.356. The lowest BCUT2D eigenvalue weighted by Crippen LogP contribution is -2.05. The first-order chi connectivity index (χ1) is 5.66. The van der Waals surface area contributed by atoms with Crippen LogP contribution in [0.5, 0.6) is 5.75 Å². The van der Waals surface area contributed by atoms with Crippen LogP contribution in [0.4, 0.5) is 0 Å². The molecule has 0 aliphatic heterocycles. The van der Waals surface area contributed by atoms with E-state index in [-0.39, 0.29) is 6.04 Å². The quantitative estimate of drug-likeness (QED) is 0.703. The Kier molecular flexibility index (Phi) is 2.71. The smallest absolute Gasteiger partial charge is 0.123 e. The Morgan fingerprint density at radius 1 is 1.50 bits per heavy atom. The molecule has 12 heavy (non-hydrogen) atoms. The number of aryl methyl sites for hydroxylation is 1. The van der Waals surface area contributed by atoms with Crippen LogP contribution in [0.1, 0.15) is 31.0 Å². The van der Waals surface area contributed by atoms with Gasteiger partial charge in [-0.3, -0.25) is 0 Å². The molecule has 0 saturated carbocycles. The number of para-hydroxylation sites is 1. The van der Waals surface area contributed by atoms with Gasteiger partial charge in [0.2, 0.25) is 0 Å². The summed E-state index contributed by atoms with van der Waals surface area (Å²) in [6.07, 6.45) is 0.840. The van der Waals surface area contributed by atoms with Crippen LogP contribution in [0.25, 0.3) is 0 Å². The van der Waals surface area contributed by atoms with Crippen molar-refractivity contribution in [1.29, 1.82) is 0 Å². The van der Waals surface area contributed by atoms with Crippen molar-refractivity contribution in [2.45, 2.75) is 26.3 Å². The van der Waals surface area contributed by atoms with E-state index in [0.717, 1.165) is 17.5 Å². The SMILES string of the molecule is CCc1cccc(C(C)N)c1O.